The summed E-state index contributed by atoms with van der Waals surface area (Å²) >= 11 is 1.45. The standard InChI is InChI=1S/C20H23N5O3S/c1-13-16(14(2)25-19(22-13)23-20(24-25)29-3)9-10-18(27)28-12-17(26)21-11-15-7-5-4-6-8-15/h4-8H,9-12H2,1-3H3,(H,21,26). The Labute approximate surface area is 173 Å². The van der Waals surface area contributed by atoms with Crippen molar-refractivity contribution in [1.82, 2.24) is 24.9 Å². The number of thioether (sulfide) groups is 1. The lowest BCUT2D eigenvalue weighted by molar-refractivity contribution is -0.148. The first kappa shape index (κ1) is 20.8. The molecule has 8 nitrogen and oxygen atoms in total. The van der Waals surface area contributed by atoms with Crippen LogP contribution in [0.1, 0.15) is 28.9 Å². The van der Waals surface area contributed by atoms with Gasteiger partial charge in [0.1, 0.15) is 0 Å². The molecular weight excluding hydrogens is 390 g/mol. The zero-order chi connectivity index (χ0) is 20.8. The molecule has 0 fully saturated rings. The van der Waals surface area contributed by atoms with Crippen LogP contribution < -0.4 is 5.32 Å². The molecule has 0 saturated carbocycles. The van der Waals surface area contributed by atoms with Gasteiger partial charge in [0, 0.05) is 24.4 Å². The lowest BCUT2D eigenvalue weighted by atomic mass is 10.1. The molecule has 0 spiro atoms. The fraction of sp³-hybridized carbons (Fsp3) is 0.350. The highest BCUT2D eigenvalue weighted by Gasteiger charge is 2.15. The Balaban J connectivity index is 1.50. The molecule has 29 heavy (non-hydrogen) atoms. The third-order valence-electron chi connectivity index (χ3n) is 4.49. The van der Waals surface area contributed by atoms with E-state index in [1.54, 1.807) is 4.52 Å². The number of carbonyl (C=O) groups excluding carboxylic acids is 2. The highest BCUT2D eigenvalue weighted by molar-refractivity contribution is 7.98. The second-order valence-electron chi connectivity index (χ2n) is 6.49. The van der Waals surface area contributed by atoms with Crippen LogP contribution in [0.2, 0.25) is 0 Å². The molecule has 2 aromatic heterocycles. The van der Waals surface area contributed by atoms with Crippen molar-refractivity contribution >= 4 is 29.4 Å². The maximum absolute atomic E-state index is 12.1. The van der Waals surface area contributed by atoms with E-state index in [0.29, 0.717) is 23.9 Å². The maximum Gasteiger partial charge on any atom is 0.306 e. The molecule has 3 aromatic rings. The largest absolute Gasteiger partial charge is 0.456 e. The van der Waals surface area contributed by atoms with E-state index < -0.39 is 5.97 Å². The van der Waals surface area contributed by atoms with Gasteiger partial charge in [-0.1, -0.05) is 42.1 Å². The topological polar surface area (TPSA) is 98.5 Å². The molecule has 0 aliphatic rings. The Kier molecular flexibility index (Phi) is 6.82. The number of aryl methyl sites for hydroxylation is 2. The number of carbonyl (C=O) groups is 2. The molecule has 152 valence electrons. The number of nitrogens with one attached hydrogen (secondary N) is 1. The molecule has 9 heteroatoms. The molecule has 0 saturated heterocycles. The van der Waals surface area contributed by atoms with Crippen LogP contribution in [0.3, 0.4) is 0 Å². The number of fused-ring (bicyclic) bond motifs is 1. The number of ether oxygens (including phenoxy) is 1. The molecule has 1 aromatic carbocycles. The van der Waals surface area contributed by atoms with E-state index in [2.05, 4.69) is 20.4 Å². The van der Waals surface area contributed by atoms with E-state index >= 15 is 0 Å². The normalized spacial score (nSPS) is 10.9. The number of benzene rings is 1. The van der Waals surface area contributed by atoms with E-state index in [4.69, 9.17) is 4.74 Å². The van der Waals surface area contributed by atoms with Crippen LogP contribution in [0.25, 0.3) is 5.78 Å². The van der Waals surface area contributed by atoms with Crippen LogP contribution in [0.4, 0.5) is 0 Å². The SMILES string of the molecule is CSc1nc2nc(C)c(CCC(=O)OCC(=O)NCc3ccccc3)c(C)n2n1. The Morgan fingerprint density at radius 2 is 1.93 bits per heavy atom. The van der Waals surface area contributed by atoms with Crippen LogP contribution >= 0.6 is 11.8 Å². The van der Waals surface area contributed by atoms with Gasteiger partial charge in [-0.05, 0) is 37.7 Å². The van der Waals surface area contributed by atoms with Gasteiger partial charge in [-0.15, -0.1) is 5.10 Å². The Morgan fingerprint density at radius 3 is 2.66 bits per heavy atom. The molecule has 3 rings (SSSR count). The van der Waals surface area contributed by atoms with Gasteiger partial charge < -0.3 is 10.1 Å². The monoisotopic (exact) mass is 413 g/mol. The van der Waals surface area contributed by atoms with E-state index in [1.165, 1.54) is 11.8 Å². The number of hydrogen-bond acceptors (Lipinski definition) is 7. The smallest absolute Gasteiger partial charge is 0.306 e. The lowest BCUT2D eigenvalue weighted by Crippen LogP contribution is -2.28. The van der Waals surface area contributed by atoms with Crippen molar-refractivity contribution in [1.29, 1.82) is 0 Å². The first-order valence-corrected chi connectivity index (χ1v) is 10.4. The number of rotatable bonds is 8. The van der Waals surface area contributed by atoms with Crippen molar-refractivity contribution in [3.05, 3.63) is 52.8 Å². The second kappa shape index (κ2) is 9.51. The summed E-state index contributed by atoms with van der Waals surface area (Å²) in [5, 5.41) is 7.78. The van der Waals surface area contributed by atoms with Crippen LogP contribution in [-0.2, 0) is 27.3 Å². The molecule has 0 radical (unpaired) electrons. The summed E-state index contributed by atoms with van der Waals surface area (Å²) in [5.41, 5.74) is 3.62. The van der Waals surface area contributed by atoms with Gasteiger partial charge in [0.05, 0.1) is 0 Å². The van der Waals surface area contributed by atoms with Gasteiger partial charge in [0.15, 0.2) is 6.61 Å². The molecule has 0 aliphatic carbocycles. The van der Waals surface area contributed by atoms with Gasteiger partial charge in [0.25, 0.3) is 11.7 Å². The summed E-state index contributed by atoms with van der Waals surface area (Å²) in [6.07, 6.45) is 2.52. The Morgan fingerprint density at radius 1 is 1.17 bits per heavy atom. The first-order chi connectivity index (χ1) is 14.0. The molecule has 2 heterocycles. The molecule has 0 atom stereocenters. The van der Waals surface area contributed by atoms with Gasteiger partial charge in [-0.3, -0.25) is 9.59 Å². The van der Waals surface area contributed by atoms with E-state index in [0.717, 1.165) is 22.5 Å². The highest BCUT2D eigenvalue weighted by Crippen LogP contribution is 2.18. The summed E-state index contributed by atoms with van der Waals surface area (Å²) in [5.74, 6) is -0.210. The summed E-state index contributed by atoms with van der Waals surface area (Å²) in [6.45, 7) is 3.93. The molecular formula is C20H23N5O3S. The van der Waals surface area contributed by atoms with Gasteiger partial charge in [0.2, 0.25) is 5.16 Å². The summed E-state index contributed by atoms with van der Waals surface area (Å²) in [7, 11) is 0. The second-order valence-corrected chi connectivity index (χ2v) is 7.27. The minimum Gasteiger partial charge on any atom is -0.456 e. The fourth-order valence-electron chi connectivity index (χ4n) is 2.93. The van der Waals surface area contributed by atoms with Crippen molar-refractivity contribution in [2.45, 2.75) is 38.4 Å². The third-order valence-corrected chi connectivity index (χ3v) is 5.03. The van der Waals surface area contributed by atoms with E-state index in [1.807, 2.05) is 50.4 Å². The molecule has 1 amide bonds. The molecule has 0 unspecified atom stereocenters. The summed E-state index contributed by atoms with van der Waals surface area (Å²) < 4.78 is 6.78. The third kappa shape index (κ3) is 5.32. The minimum atomic E-state index is -0.429. The van der Waals surface area contributed by atoms with Crippen molar-refractivity contribution in [2.75, 3.05) is 12.9 Å². The van der Waals surface area contributed by atoms with Crippen LogP contribution in [0, 0.1) is 13.8 Å². The molecule has 0 aliphatic heterocycles. The van der Waals surface area contributed by atoms with Gasteiger partial charge >= 0.3 is 5.97 Å². The van der Waals surface area contributed by atoms with Crippen molar-refractivity contribution in [3.8, 4) is 0 Å². The maximum atomic E-state index is 12.1. The number of amides is 1. The molecule has 1 N–H and O–H groups in total. The summed E-state index contributed by atoms with van der Waals surface area (Å²) in [4.78, 5) is 32.7. The minimum absolute atomic E-state index is 0.158. The molecule has 0 bridgehead atoms. The number of nitrogens with zero attached hydrogens (tertiary/aromatic N) is 4. The quantitative estimate of drug-likeness (QED) is 0.447. The van der Waals surface area contributed by atoms with Gasteiger partial charge in [-0.2, -0.15) is 4.98 Å². The highest BCUT2D eigenvalue weighted by atomic mass is 32.2. The van der Waals surface area contributed by atoms with Crippen LogP contribution in [0.5, 0.6) is 0 Å². The fourth-order valence-corrected chi connectivity index (χ4v) is 3.27. The van der Waals surface area contributed by atoms with Crippen molar-refractivity contribution < 1.29 is 14.3 Å². The van der Waals surface area contributed by atoms with Crippen molar-refractivity contribution in [3.63, 3.8) is 0 Å². The van der Waals surface area contributed by atoms with E-state index in [9.17, 15) is 9.59 Å². The number of esters is 1. The predicted molar refractivity (Wildman–Crippen MR) is 110 cm³/mol. The predicted octanol–water partition coefficient (Wildman–Crippen LogP) is 2.26. The Bertz CT molecular complexity index is 1020. The van der Waals surface area contributed by atoms with Crippen LogP contribution in [-0.4, -0.2) is 44.3 Å². The average Bonchev–Trinajstić information content (AvgIpc) is 3.14. The van der Waals surface area contributed by atoms with Crippen LogP contribution in [0.15, 0.2) is 35.5 Å². The van der Waals surface area contributed by atoms with E-state index in [-0.39, 0.29) is 18.9 Å². The van der Waals surface area contributed by atoms with Crippen molar-refractivity contribution in [2.24, 2.45) is 0 Å². The average molecular weight is 414 g/mol. The zero-order valence-corrected chi connectivity index (χ0v) is 17.5. The number of aromatic nitrogens is 4. The first-order valence-electron chi connectivity index (χ1n) is 9.21. The Hall–Kier alpha value is -2.94. The summed E-state index contributed by atoms with van der Waals surface area (Å²) in [6, 6.07) is 9.55. The lowest BCUT2D eigenvalue weighted by Gasteiger charge is -2.10. The van der Waals surface area contributed by atoms with Gasteiger partial charge in [-0.25, -0.2) is 9.50 Å². The number of hydrogen-bond donors (Lipinski definition) is 1. The zero-order valence-electron chi connectivity index (χ0n) is 16.6.